The number of hydrogen-bond acceptors (Lipinski definition) is 3. The minimum Gasteiger partial charge on any atom is -0.319 e. The largest absolute Gasteiger partial charge is 0.416 e. The molecule has 100 valence electrons. The lowest BCUT2D eigenvalue weighted by Gasteiger charge is -2.12. The second-order valence-corrected chi connectivity index (χ2v) is 6.29. The molecule has 0 fully saturated rings. The van der Waals surface area contributed by atoms with Crippen LogP contribution in [0.25, 0.3) is 0 Å². The number of benzene rings is 1. The predicted molar refractivity (Wildman–Crippen MR) is 60.2 cm³/mol. The maximum absolute atomic E-state index is 12.6. The van der Waals surface area contributed by atoms with E-state index in [9.17, 15) is 21.6 Å². The van der Waals surface area contributed by atoms with Crippen molar-refractivity contribution in [3.63, 3.8) is 0 Å². The highest BCUT2D eigenvalue weighted by Gasteiger charge is 2.38. The fourth-order valence-electron chi connectivity index (χ4n) is 2.19. The first-order chi connectivity index (χ1) is 8.25. The summed E-state index contributed by atoms with van der Waals surface area (Å²) < 4.78 is 61.4. The molecule has 0 amide bonds. The van der Waals surface area contributed by atoms with Crippen molar-refractivity contribution < 1.29 is 21.6 Å². The normalized spacial score (nSPS) is 21.9. The van der Waals surface area contributed by atoms with Gasteiger partial charge in [0.1, 0.15) is 0 Å². The lowest BCUT2D eigenvalue weighted by Crippen LogP contribution is -2.18. The van der Waals surface area contributed by atoms with Crippen molar-refractivity contribution in [1.29, 1.82) is 0 Å². The standard InChI is InChI=1S/C11H12F3NO2S/c1-15-5-7-6-18(16,17)10-3-2-8(4-9(7)10)11(12,13)14/h2-4,7,15H,5-6H2,1H3. The minimum absolute atomic E-state index is 0.0238. The van der Waals surface area contributed by atoms with Crippen LogP contribution in [0.5, 0.6) is 0 Å². The van der Waals surface area contributed by atoms with Gasteiger partial charge in [0.2, 0.25) is 0 Å². The van der Waals surface area contributed by atoms with Gasteiger partial charge in [0.25, 0.3) is 0 Å². The monoisotopic (exact) mass is 279 g/mol. The zero-order chi connectivity index (χ0) is 13.6. The molecular formula is C11H12F3NO2S. The Labute approximate surface area is 103 Å². The molecule has 0 aliphatic carbocycles. The van der Waals surface area contributed by atoms with Crippen LogP contribution in [0, 0.1) is 0 Å². The van der Waals surface area contributed by atoms with E-state index in [-0.39, 0.29) is 16.2 Å². The third kappa shape index (κ3) is 2.24. The molecule has 1 aliphatic heterocycles. The summed E-state index contributed by atoms with van der Waals surface area (Å²) in [6, 6.07) is 2.82. The van der Waals surface area contributed by atoms with Crippen molar-refractivity contribution in [2.75, 3.05) is 19.3 Å². The molecule has 0 saturated heterocycles. The van der Waals surface area contributed by atoms with Crippen LogP contribution in [-0.4, -0.2) is 27.8 Å². The Morgan fingerprint density at radius 3 is 2.61 bits per heavy atom. The number of nitrogens with one attached hydrogen (secondary N) is 1. The molecule has 1 aromatic rings. The highest BCUT2D eigenvalue weighted by atomic mass is 32.2. The van der Waals surface area contributed by atoms with Crippen LogP contribution in [0.15, 0.2) is 23.1 Å². The summed E-state index contributed by atoms with van der Waals surface area (Å²) in [4.78, 5) is 0.0238. The average Bonchev–Trinajstić information content (AvgIpc) is 2.50. The number of halogens is 3. The highest BCUT2D eigenvalue weighted by Crippen LogP contribution is 2.38. The Bertz CT molecular complexity index is 566. The molecule has 18 heavy (non-hydrogen) atoms. The number of rotatable bonds is 2. The molecule has 0 aromatic heterocycles. The number of sulfone groups is 1. The predicted octanol–water partition coefficient (Wildman–Crippen LogP) is 1.80. The summed E-state index contributed by atoms with van der Waals surface area (Å²) in [7, 11) is -1.81. The number of fused-ring (bicyclic) bond motifs is 1. The average molecular weight is 279 g/mol. The van der Waals surface area contributed by atoms with Crippen LogP contribution in [0.3, 0.4) is 0 Å². The van der Waals surface area contributed by atoms with Crippen molar-refractivity contribution in [1.82, 2.24) is 5.32 Å². The van der Waals surface area contributed by atoms with Gasteiger partial charge in [0.05, 0.1) is 16.2 Å². The zero-order valence-electron chi connectivity index (χ0n) is 9.58. The lowest BCUT2D eigenvalue weighted by molar-refractivity contribution is -0.137. The lowest BCUT2D eigenvalue weighted by atomic mass is 9.99. The molecule has 0 spiro atoms. The van der Waals surface area contributed by atoms with E-state index in [1.54, 1.807) is 7.05 Å². The van der Waals surface area contributed by atoms with Crippen LogP contribution >= 0.6 is 0 Å². The SMILES string of the molecule is CNCC1CS(=O)(=O)c2ccc(C(F)(F)F)cc21. The second-order valence-electron chi connectivity index (χ2n) is 4.29. The van der Waals surface area contributed by atoms with Crippen molar-refractivity contribution in [2.45, 2.75) is 17.0 Å². The van der Waals surface area contributed by atoms with Gasteiger partial charge in [-0.1, -0.05) is 0 Å². The first-order valence-corrected chi connectivity index (χ1v) is 6.99. The molecule has 0 bridgehead atoms. The van der Waals surface area contributed by atoms with Gasteiger partial charge in [0.15, 0.2) is 9.84 Å². The van der Waals surface area contributed by atoms with Crippen LogP contribution < -0.4 is 5.32 Å². The van der Waals surface area contributed by atoms with E-state index >= 15 is 0 Å². The van der Waals surface area contributed by atoms with Gasteiger partial charge in [-0.3, -0.25) is 0 Å². The number of alkyl halides is 3. The first kappa shape index (κ1) is 13.4. The molecule has 2 rings (SSSR count). The molecule has 1 aromatic carbocycles. The molecule has 1 aliphatic rings. The third-order valence-corrected chi connectivity index (χ3v) is 4.87. The summed E-state index contributed by atoms with van der Waals surface area (Å²) in [5.74, 6) is -0.554. The molecular weight excluding hydrogens is 267 g/mol. The second kappa shape index (κ2) is 4.24. The van der Waals surface area contributed by atoms with E-state index in [1.807, 2.05) is 0 Å². The first-order valence-electron chi connectivity index (χ1n) is 5.34. The molecule has 3 nitrogen and oxygen atoms in total. The van der Waals surface area contributed by atoms with E-state index < -0.39 is 27.5 Å². The van der Waals surface area contributed by atoms with E-state index in [1.165, 1.54) is 0 Å². The van der Waals surface area contributed by atoms with Gasteiger partial charge < -0.3 is 5.32 Å². The Morgan fingerprint density at radius 1 is 1.39 bits per heavy atom. The van der Waals surface area contributed by atoms with Gasteiger partial charge in [0, 0.05) is 12.5 Å². The fourth-order valence-corrected chi connectivity index (χ4v) is 4.05. The van der Waals surface area contributed by atoms with Gasteiger partial charge in [-0.05, 0) is 30.8 Å². The summed E-state index contributed by atoms with van der Waals surface area (Å²) in [5, 5.41) is 2.80. The fraction of sp³-hybridized carbons (Fsp3) is 0.455. The molecule has 1 unspecified atom stereocenters. The van der Waals surface area contributed by atoms with Gasteiger partial charge in [-0.15, -0.1) is 0 Å². The van der Waals surface area contributed by atoms with Crippen molar-refractivity contribution in [3.8, 4) is 0 Å². The highest BCUT2D eigenvalue weighted by molar-refractivity contribution is 7.91. The van der Waals surface area contributed by atoms with Crippen LogP contribution in [0.2, 0.25) is 0 Å². The van der Waals surface area contributed by atoms with Gasteiger partial charge in [-0.25, -0.2) is 8.42 Å². The molecule has 1 heterocycles. The van der Waals surface area contributed by atoms with E-state index in [2.05, 4.69) is 5.32 Å². The Kier molecular flexibility index (Phi) is 3.14. The smallest absolute Gasteiger partial charge is 0.319 e. The number of likely N-dealkylation sites (N-methyl/N-ethyl adjacent to an activating group) is 1. The van der Waals surface area contributed by atoms with Crippen molar-refractivity contribution in [3.05, 3.63) is 29.3 Å². The summed E-state index contributed by atoms with van der Waals surface area (Å²) in [6.07, 6.45) is -4.45. The van der Waals surface area contributed by atoms with Crippen LogP contribution in [-0.2, 0) is 16.0 Å². The van der Waals surface area contributed by atoms with E-state index in [0.29, 0.717) is 6.54 Å². The molecule has 7 heteroatoms. The van der Waals surface area contributed by atoms with E-state index in [0.717, 1.165) is 18.2 Å². The third-order valence-electron chi connectivity index (χ3n) is 2.98. The minimum atomic E-state index is -4.45. The van der Waals surface area contributed by atoms with Crippen LogP contribution in [0.1, 0.15) is 17.0 Å². The van der Waals surface area contributed by atoms with Crippen molar-refractivity contribution >= 4 is 9.84 Å². The maximum Gasteiger partial charge on any atom is 0.416 e. The summed E-state index contributed by atoms with van der Waals surface area (Å²) >= 11 is 0. The maximum atomic E-state index is 12.6. The molecule has 0 saturated carbocycles. The zero-order valence-corrected chi connectivity index (χ0v) is 10.4. The molecule has 1 atom stereocenters. The number of hydrogen-bond donors (Lipinski definition) is 1. The molecule has 0 radical (unpaired) electrons. The Morgan fingerprint density at radius 2 is 2.06 bits per heavy atom. The Balaban J connectivity index is 2.54. The van der Waals surface area contributed by atoms with Crippen molar-refractivity contribution in [2.24, 2.45) is 0 Å². The summed E-state index contributed by atoms with van der Waals surface area (Å²) in [6.45, 7) is 0.341. The van der Waals surface area contributed by atoms with Gasteiger partial charge in [-0.2, -0.15) is 13.2 Å². The Hall–Kier alpha value is -1.08. The topological polar surface area (TPSA) is 46.2 Å². The quantitative estimate of drug-likeness (QED) is 0.898. The molecule has 1 N–H and O–H groups in total. The van der Waals surface area contributed by atoms with E-state index in [4.69, 9.17) is 0 Å². The van der Waals surface area contributed by atoms with Crippen LogP contribution in [0.4, 0.5) is 13.2 Å². The van der Waals surface area contributed by atoms with Gasteiger partial charge >= 0.3 is 6.18 Å². The summed E-state index contributed by atoms with van der Waals surface area (Å²) in [5.41, 5.74) is -0.543.